The van der Waals surface area contributed by atoms with E-state index in [9.17, 15) is 18.0 Å². The number of carbonyl (C=O) groups is 1. The molecular formula is C13H15F3OS. The number of hydrogen-bond donors (Lipinski definition) is 0. The molecule has 0 radical (unpaired) electrons. The molecular weight excluding hydrogens is 261 g/mol. The highest BCUT2D eigenvalue weighted by atomic mass is 32.2. The number of alkyl halides is 3. The largest absolute Gasteiger partial charge is 0.416 e. The van der Waals surface area contributed by atoms with Gasteiger partial charge in [-0.1, -0.05) is 19.9 Å². The van der Waals surface area contributed by atoms with E-state index in [1.54, 1.807) is 0 Å². The first-order chi connectivity index (χ1) is 8.21. The second-order valence-corrected chi connectivity index (χ2v) is 5.88. The van der Waals surface area contributed by atoms with Gasteiger partial charge in [0, 0.05) is 5.56 Å². The molecule has 1 aromatic rings. The van der Waals surface area contributed by atoms with Crippen LogP contribution in [0.1, 0.15) is 35.3 Å². The molecule has 1 aromatic carbocycles. The lowest BCUT2D eigenvalue weighted by Crippen LogP contribution is -2.10. The number of hydrogen-bond acceptors (Lipinski definition) is 2. The van der Waals surface area contributed by atoms with Gasteiger partial charge in [-0.15, -0.1) is 0 Å². The molecule has 0 fully saturated rings. The number of halogens is 3. The molecule has 0 aliphatic rings. The first-order valence-corrected chi connectivity index (χ1v) is 6.59. The maximum Gasteiger partial charge on any atom is 0.416 e. The minimum atomic E-state index is -4.36. The van der Waals surface area contributed by atoms with Crippen molar-refractivity contribution in [2.75, 3.05) is 5.75 Å². The third-order valence-corrected chi connectivity index (χ3v) is 3.50. The summed E-state index contributed by atoms with van der Waals surface area (Å²) in [7, 11) is 0. The summed E-state index contributed by atoms with van der Waals surface area (Å²) in [5.41, 5.74) is 0.0309. The highest BCUT2D eigenvalue weighted by molar-refractivity contribution is 8.00. The average Bonchev–Trinajstić information content (AvgIpc) is 2.24. The van der Waals surface area contributed by atoms with Crippen molar-refractivity contribution in [1.82, 2.24) is 0 Å². The maximum atomic E-state index is 12.5. The van der Waals surface area contributed by atoms with Crippen LogP contribution in [-0.2, 0) is 6.18 Å². The molecule has 0 spiro atoms. The van der Waals surface area contributed by atoms with Gasteiger partial charge in [0.2, 0.25) is 0 Å². The zero-order valence-corrected chi connectivity index (χ0v) is 11.3. The number of rotatable bonds is 4. The second kappa shape index (κ2) is 5.78. The van der Waals surface area contributed by atoms with Crippen LogP contribution in [0.4, 0.5) is 13.2 Å². The van der Waals surface area contributed by atoms with Gasteiger partial charge in [-0.05, 0) is 29.9 Å². The minimum absolute atomic E-state index is 0.125. The van der Waals surface area contributed by atoms with Gasteiger partial charge in [0.15, 0.2) is 5.78 Å². The molecule has 0 aromatic heterocycles. The topological polar surface area (TPSA) is 17.1 Å². The number of carbonyl (C=O) groups excluding carboxylic acids is 1. The predicted molar refractivity (Wildman–Crippen MR) is 68.1 cm³/mol. The van der Waals surface area contributed by atoms with Gasteiger partial charge in [-0.25, -0.2) is 0 Å². The molecule has 0 amide bonds. The van der Waals surface area contributed by atoms with Crippen LogP contribution in [0.2, 0.25) is 0 Å². The van der Waals surface area contributed by atoms with Crippen LogP contribution in [-0.4, -0.2) is 16.8 Å². The van der Waals surface area contributed by atoms with Gasteiger partial charge in [0.05, 0.1) is 11.3 Å². The van der Waals surface area contributed by atoms with Crippen LogP contribution in [0.3, 0.4) is 0 Å². The quantitative estimate of drug-likeness (QED) is 0.761. The average molecular weight is 276 g/mol. The van der Waals surface area contributed by atoms with Crippen LogP contribution in [0.25, 0.3) is 0 Å². The van der Waals surface area contributed by atoms with E-state index in [0.29, 0.717) is 22.1 Å². The van der Waals surface area contributed by atoms with Crippen molar-refractivity contribution in [3.8, 4) is 0 Å². The Bertz CT molecular complexity index is 438. The standard InChI is InChI=1S/C13H15F3OS/c1-8(2)18-7-12(17)11-5-4-10(6-9(11)3)13(14,15)16/h4-6,8H,7H2,1-3H3. The lowest BCUT2D eigenvalue weighted by Gasteiger charge is -2.11. The summed E-state index contributed by atoms with van der Waals surface area (Å²) < 4.78 is 37.4. The van der Waals surface area contributed by atoms with E-state index in [0.717, 1.165) is 12.1 Å². The highest BCUT2D eigenvalue weighted by Crippen LogP contribution is 2.30. The number of aryl methyl sites for hydroxylation is 1. The summed E-state index contributed by atoms with van der Waals surface area (Å²) in [4.78, 5) is 11.8. The van der Waals surface area contributed by atoms with Gasteiger partial charge in [-0.3, -0.25) is 4.79 Å². The van der Waals surface area contributed by atoms with Gasteiger partial charge in [0.1, 0.15) is 0 Å². The molecule has 0 aliphatic carbocycles. The van der Waals surface area contributed by atoms with Crippen LogP contribution in [0.5, 0.6) is 0 Å². The predicted octanol–water partition coefficient (Wildman–Crippen LogP) is 4.34. The van der Waals surface area contributed by atoms with Crippen LogP contribution >= 0.6 is 11.8 Å². The Morgan fingerprint density at radius 1 is 1.33 bits per heavy atom. The minimum Gasteiger partial charge on any atom is -0.293 e. The molecule has 1 rings (SSSR count). The molecule has 1 nitrogen and oxygen atoms in total. The molecule has 0 bridgehead atoms. The molecule has 0 N–H and O–H groups in total. The smallest absolute Gasteiger partial charge is 0.293 e. The summed E-state index contributed by atoms with van der Waals surface area (Å²) in [6.45, 7) is 5.47. The van der Waals surface area contributed by atoms with Gasteiger partial charge in [0.25, 0.3) is 0 Å². The third-order valence-electron chi connectivity index (χ3n) is 2.40. The lowest BCUT2D eigenvalue weighted by molar-refractivity contribution is -0.137. The fourth-order valence-electron chi connectivity index (χ4n) is 1.47. The van der Waals surface area contributed by atoms with E-state index >= 15 is 0 Å². The Kier molecular flexibility index (Phi) is 4.85. The van der Waals surface area contributed by atoms with Crippen molar-refractivity contribution in [2.24, 2.45) is 0 Å². The van der Waals surface area contributed by atoms with E-state index in [1.807, 2.05) is 13.8 Å². The fourth-order valence-corrected chi connectivity index (χ4v) is 2.11. The summed E-state index contributed by atoms with van der Waals surface area (Å²) in [6, 6.07) is 3.24. The monoisotopic (exact) mass is 276 g/mol. The molecule has 18 heavy (non-hydrogen) atoms. The normalized spacial score (nSPS) is 11.9. The summed E-state index contributed by atoms with van der Waals surface area (Å²) in [5, 5.41) is 0.323. The van der Waals surface area contributed by atoms with Gasteiger partial charge in [-0.2, -0.15) is 24.9 Å². The number of thioether (sulfide) groups is 1. The number of Topliss-reactive ketones (excluding diaryl/α,β-unsaturated/α-hetero) is 1. The zero-order chi connectivity index (χ0) is 13.9. The molecule has 0 heterocycles. The first-order valence-electron chi connectivity index (χ1n) is 5.54. The second-order valence-electron chi connectivity index (χ2n) is 4.31. The molecule has 100 valence electrons. The summed E-state index contributed by atoms with van der Waals surface area (Å²) >= 11 is 1.48. The Balaban J connectivity index is 2.89. The van der Waals surface area contributed by atoms with Crippen LogP contribution in [0, 0.1) is 6.92 Å². The van der Waals surface area contributed by atoms with E-state index in [4.69, 9.17) is 0 Å². The van der Waals surface area contributed by atoms with Crippen molar-refractivity contribution in [2.45, 2.75) is 32.2 Å². The van der Waals surface area contributed by atoms with Crippen molar-refractivity contribution in [3.63, 3.8) is 0 Å². The summed E-state index contributed by atoms with van der Waals surface area (Å²) in [5.74, 6) is 0.170. The van der Waals surface area contributed by atoms with E-state index in [2.05, 4.69) is 0 Å². The molecule has 0 saturated carbocycles. The highest BCUT2D eigenvalue weighted by Gasteiger charge is 2.30. The SMILES string of the molecule is Cc1cc(C(F)(F)F)ccc1C(=O)CSC(C)C. The number of benzene rings is 1. The third kappa shape index (κ3) is 4.05. The molecule has 0 unspecified atom stereocenters. The Morgan fingerprint density at radius 2 is 1.94 bits per heavy atom. The summed E-state index contributed by atoms with van der Waals surface area (Å²) in [6.07, 6.45) is -4.36. The van der Waals surface area contributed by atoms with Crippen molar-refractivity contribution < 1.29 is 18.0 Å². The lowest BCUT2D eigenvalue weighted by atomic mass is 10.0. The molecule has 0 saturated heterocycles. The number of ketones is 1. The fraction of sp³-hybridized carbons (Fsp3) is 0.462. The first kappa shape index (κ1) is 15.1. The van der Waals surface area contributed by atoms with Gasteiger partial charge >= 0.3 is 6.18 Å². The van der Waals surface area contributed by atoms with Crippen LogP contribution < -0.4 is 0 Å². The van der Waals surface area contributed by atoms with Crippen molar-refractivity contribution >= 4 is 17.5 Å². The van der Waals surface area contributed by atoms with Gasteiger partial charge < -0.3 is 0 Å². The van der Waals surface area contributed by atoms with Crippen molar-refractivity contribution in [1.29, 1.82) is 0 Å². The maximum absolute atomic E-state index is 12.5. The zero-order valence-electron chi connectivity index (χ0n) is 10.5. The van der Waals surface area contributed by atoms with Crippen molar-refractivity contribution in [3.05, 3.63) is 34.9 Å². The molecule has 5 heteroatoms. The van der Waals surface area contributed by atoms with E-state index in [1.165, 1.54) is 24.8 Å². The Hall–Kier alpha value is -0.970. The molecule has 0 aliphatic heterocycles. The Labute approximate surface area is 109 Å². The Morgan fingerprint density at radius 3 is 2.39 bits per heavy atom. The van der Waals surface area contributed by atoms with E-state index < -0.39 is 11.7 Å². The van der Waals surface area contributed by atoms with E-state index in [-0.39, 0.29) is 5.78 Å². The van der Waals surface area contributed by atoms with Crippen LogP contribution in [0.15, 0.2) is 18.2 Å². The molecule has 0 atom stereocenters.